The van der Waals surface area contributed by atoms with Crippen LogP contribution in [0.4, 0.5) is 5.82 Å². The number of fused-ring (bicyclic) bond motifs is 1. The molecule has 0 aromatic carbocycles. The predicted molar refractivity (Wildman–Crippen MR) is 142 cm³/mol. The van der Waals surface area contributed by atoms with E-state index in [0.717, 1.165) is 56.6 Å². The maximum absolute atomic E-state index is 12.8. The van der Waals surface area contributed by atoms with Gasteiger partial charge in [0.25, 0.3) is 0 Å². The fraction of sp³-hybridized carbons (Fsp3) is 0.571. The van der Waals surface area contributed by atoms with Crippen LogP contribution in [0.3, 0.4) is 0 Å². The van der Waals surface area contributed by atoms with Crippen LogP contribution >= 0.6 is 0 Å². The lowest BCUT2D eigenvalue weighted by atomic mass is 9.90. The SMILES string of the molecule is CCC(=O)NC1=CCCC=C1C(C(=O)O)N1CCC(C(=O)NCCCc2ccc3c(n2)NCCC3)CC1. The monoisotopic (exact) mass is 509 g/mol. The van der Waals surface area contributed by atoms with Crippen molar-refractivity contribution < 1.29 is 19.5 Å². The number of carbonyl (C=O) groups excluding carboxylic acids is 2. The van der Waals surface area contributed by atoms with Gasteiger partial charge in [0.05, 0.1) is 0 Å². The minimum absolute atomic E-state index is 0.0410. The lowest BCUT2D eigenvalue weighted by Gasteiger charge is -2.37. The molecule has 1 aromatic rings. The van der Waals surface area contributed by atoms with E-state index in [1.54, 1.807) is 6.92 Å². The Morgan fingerprint density at radius 1 is 1.19 bits per heavy atom. The third-order valence-electron chi connectivity index (χ3n) is 7.44. The lowest BCUT2D eigenvalue weighted by molar-refractivity contribution is -0.142. The molecule has 0 radical (unpaired) electrons. The van der Waals surface area contributed by atoms with Gasteiger partial charge in [0, 0.05) is 49.9 Å². The number of amides is 2. The highest BCUT2D eigenvalue weighted by Gasteiger charge is 2.36. The molecular formula is C28H39N5O4. The minimum atomic E-state index is -0.932. The van der Waals surface area contributed by atoms with Crippen LogP contribution in [0.5, 0.6) is 0 Å². The smallest absolute Gasteiger partial charge is 0.325 e. The number of hydrogen-bond donors (Lipinski definition) is 4. The summed E-state index contributed by atoms with van der Waals surface area (Å²) in [5.41, 5.74) is 3.57. The Hall–Kier alpha value is -3.20. The number of piperidine rings is 1. The van der Waals surface area contributed by atoms with E-state index in [-0.39, 0.29) is 17.7 Å². The van der Waals surface area contributed by atoms with Gasteiger partial charge in [-0.15, -0.1) is 0 Å². The molecule has 9 nitrogen and oxygen atoms in total. The maximum Gasteiger partial charge on any atom is 0.325 e. The third-order valence-corrected chi connectivity index (χ3v) is 7.44. The molecule has 1 fully saturated rings. The number of rotatable bonds is 10. The van der Waals surface area contributed by atoms with Crippen molar-refractivity contribution in [2.24, 2.45) is 5.92 Å². The van der Waals surface area contributed by atoms with Crippen molar-refractivity contribution in [1.29, 1.82) is 0 Å². The Bertz CT molecular complexity index is 1060. The van der Waals surface area contributed by atoms with Crippen molar-refractivity contribution in [2.45, 2.75) is 70.8 Å². The molecule has 0 spiro atoms. The Morgan fingerprint density at radius 3 is 2.73 bits per heavy atom. The Labute approximate surface area is 218 Å². The van der Waals surface area contributed by atoms with E-state index < -0.39 is 12.0 Å². The number of nitrogens with one attached hydrogen (secondary N) is 3. The second kappa shape index (κ2) is 12.9. The third kappa shape index (κ3) is 6.97. The first-order valence-electron chi connectivity index (χ1n) is 13.6. The molecule has 3 aliphatic rings. The molecule has 1 saturated heterocycles. The molecule has 37 heavy (non-hydrogen) atoms. The average Bonchev–Trinajstić information content (AvgIpc) is 2.92. The molecule has 1 atom stereocenters. The summed E-state index contributed by atoms with van der Waals surface area (Å²) in [5, 5.41) is 19.3. The molecule has 1 aliphatic carbocycles. The molecule has 2 aliphatic heterocycles. The zero-order valence-corrected chi connectivity index (χ0v) is 21.7. The lowest BCUT2D eigenvalue weighted by Crippen LogP contribution is -2.50. The molecule has 4 rings (SSSR count). The van der Waals surface area contributed by atoms with Gasteiger partial charge in [-0.3, -0.25) is 19.3 Å². The quantitative estimate of drug-likeness (QED) is 0.358. The highest BCUT2D eigenvalue weighted by Crippen LogP contribution is 2.28. The Morgan fingerprint density at radius 2 is 1.97 bits per heavy atom. The Kier molecular flexibility index (Phi) is 9.33. The predicted octanol–water partition coefficient (Wildman–Crippen LogP) is 2.78. The summed E-state index contributed by atoms with van der Waals surface area (Å²) in [6.07, 6.45) is 10.8. The summed E-state index contributed by atoms with van der Waals surface area (Å²) in [7, 11) is 0. The van der Waals surface area contributed by atoms with Crippen LogP contribution in [0.2, 0.25) is 0 Å². The number of anilines is 1. The van der Waals surface area contributed by atoms with E-state index in [4.69, 9.17) is 4.98 Å². The van der Waals surface area contributed by atoms with E-state index in [1.165, 1.54) is 5.56 Å². The fourth-order valence-corrected chi connectivity index (χ4v) is 5.35. The van der Waals surface area contributed by atoms with Crippen LogP contribution < -0.4 is 16.0 Å². The van der Waals surface area contributed by atoms with Crippen LogP contribution in [0, 0.1) is 5.92 Å². The van der Waals surface area contributed by atoms with Gasteiger partial charge in [-0.25, -0.2) is 4.98 Å². The second-order valence-electron chi connectivity index (χ2n) is 10.0. The van der Waals surface area contributed by atoms with Gasteiger partial charge >= 0.3 is 5.97 Å². The number of carboxylic acids is 1. The highest BCUT2D eigenvalue weighted by atomic mass is 16.4. The second-order valence-corrected chi connectivity index (χ2v) is 10.0. The number of carboxylic acid groups (broad SMARTS) is 1. The van der Waals surface area contributed by atoms with E-state index in [9.17, 15) is 19.5 Å². The van der Waals surface area contributed by atoms with Crippen molar-refractivity contribution in [2.75, 3.05) is 31.5 Å². The van der Waals surface area contributed by atoms with Gasteiger partial charge in [-0.2, -0.15) is 0 Å². The van der Waals surface area contributed by atoms with Gasteiger partial charge in [-0.1, -0.05) is 25.1 Å². The highest BCUT2D eigenvalue weighted by molar-refractivity contribution is 5.83. The van der Waals surface area contributed by atoms with Crippen LogP contribution in [0.25, 0.3) is 0 Å². The standard InChI is InChI=1S/C28H39N5O4/c1-2-24(34)32-23-10-4-3-9-22(23)25(28(36)37)33-17-13-20(14-18-33)27(35)30-16-6-8-21-12-11-19-7-5-15-29-26(19)31-21/h9-12,20,25H,2-8,13-18H2,1H3,(H,29,31)(H,30,35)(H,32,34)(H,36,37). The topological polar surface area (TPSA) is 124 Å². The molecule has 0 saturated carbocycles. The van der Waals surface area contributed by atoms with E-state index in [2.05, 4.69) is 28.1 Å². The minimum Gasteiger partial charge on any atom is -0.480 e. The first-order chi connectivity index (χ1) is 18.0. The number of nitrogens with zero attached hydrogens (tertiary/aromatic N) is 2. The van der Waals surface area contributed by atoms with Crippen molar-refractivity contribution in [3.05, 3.63) is 46.8 Å². The number of hydrogen-bond acceptors (Lipinski definition) is 6. The number of likely N-dealkylation sites (tertiary alicyclic amines) is 1. The summed E-state index contributed by atoms with van der Waals surface area (Å²) >= 11 is 0. The largest absolute Gasteiger partial charge is 0.480 e. The first-order valence-corrected chi connectivity index (χ1v) is 13.6. The molecule has 4 N–H and O–H groups in total. The van der Waals surface area contributed by atoms with Crippen LogP contribution in [0.1, 0.15) is 63.1 Å². The first kappa shape index (κ1) is 26.9. The van der Waals surface area contributed by atoms with Crippen molar-refractivity contribution >= 4 is 23.6 Å². The summed E-state index contributed by atoms with van der Waals surface area (Å²) in [5.74, 6) is -0.138. The van der Waals surface area contributed by atoms with Gasteiger partial charge < -0.3 is 21.1 Å². The fourth-order valence-electron chi connectivity index (χ4n) is 5.35. The zero-order chi connectivity index (χ0) is 26.2. The molecule has 2 amide bonds. The van der Waals surface area contributed by atoms with Gasteiger partial charge in [-0.05, 0) is 68.6 Å². The van der Waals surface area contributed by atoms with Gasteiger partial charge in [0.1, 0.15) is 11.9 Å². The number of allylic oxidation sites excluding steroid dienone is 2. The molecule has 1 unspecified atom stereocenters. The summed E-state index contributed by atoms with van der Waals surface area (Å²) < 4.78 is 0. The number of aryl methyl sites for hydroxylation is 2. The summed E-state index contributed by atoms with van der Waals surface area (Å²) in [6, 6.07) is 3.41. The average molecular weight is 510 g/mol. The number of pyridine rings is 1. The van der Waals surface area contributed by atoms with Crippen molar-refractivity contribution in [1.82, 2.24) is 20.5 Å². The number of aliphatic carboxylic acids is 1. The van der Waals surface area contributed by atoms with Crippen LogP contribution in [0.15, 0.2) is 35.6 Å². The maximum atomic E-state index is 12.8. The van der Waals surface area contributed by atoms with E-state index in [0.29, 0.717) is 50.2 Å². The van der Waals surface area contributed by atoms with E-state index >= 15 is 0 Å². The molecule has 0 bridgehead atoms. The van der Waals surface area contributed by atoms with Crippen LogP contribution in [-0.4, -0.2) is 65.0 Å². The molecular weight excluding hydrogens is 470 g/mol. The van der Waals surface area contributed by atoms with Gasteiger partial charge in [0.15, 0.2) is 0 Å². The number of aromatic nitrogens is 1. The molecule has 200 valence electrons. The summed E-state index contributed by atoms with van der Waals surface area (Å²) in [6.45, 7) is 4.38. The molecule has 3 heterocycles. The van der Waals surface area contributed by atoms with Gasteiger partial charge in [0.2, 0.25) is 11.8 Å². The number of carbonyl (C=O) groups is 3. The van der Waals surface area contributed by atoms with Crippen LogP contribution in [-0.2, 0) is 27.2 Å². The molecule has 1 aromatic heterocycles. The summed E-state index contributed by atoms with van der Waals surface area (Å²) in [4.78, 5) is 43.7. The molecule has 9 heteroatoms. The van der Waals surface area contributed by atoms with Crippen molar-refractivity contribution in [3.8, 4) is 0 Å². The normalized spacial score (nSPS) is 19.1. The Balaban J connectivity index is 1.24. The van der Waals surface area contributed by atoms with E-state index in [1.807, 2.05) is 17.1 Å². The van der Waals surface area contributed by atoms with Crippen molar-refractivity contribution in [3.63, 3.8) is 0 Å². The zero-order valence-electron chi connectivity index (χ0n) is 21.7.